The molecule has 0 bridgehead atoms. The minimum Gasteiger partial charge on any atom is -0.369 e. The number of rotatable bonds is 1. The Morgan fingerprint density at radius 2 is 2.05 bits per heavy atom. The van der Waals surface area contributed by atoms with Gasteiger partial charge < -0.3 is 10.6 Å². The molecule has 5 heteroatoms. The third kappa shape index (κ3) is 2.35. The van der Waals surface area contributed by atoms with Gasteiger partial charge in [0.15, 0.2) is 5.96 Å². The van der Waals surface area contributed by atoms with E-state index in [0.29, 0.717) is 11.4 Å². The maximum absolute atomic E-state index is 6.22. The molecule has 2 heterocycles. The largest absolute Gasteiger partial charge is 0.369 e. The molecule has 20 heavy (non-hydrogen) atoms. The van der Waals surface area contributed by atoms with Crippen molar-refractivity contribution in [1.29, 1.82) is 0 Å². The molecule has 2 aliphatic heterocycles. The third-order valence-electron chi connectivity index (χ3n) is 4.00. The summed E-state index contributed by atoms with van der Waals surface area (Å²) < 4.78 is 1.08. The predicted molar refractivity (Wildman–Crippen MR) is 91.6 cm³/mol. The van der Waals surface area contributed by atoms with Crippen LogP contribution in [-0.4, -0.2) is 29.5 Å². The number of nitrogens with two attached hydrogens (primary N) is 1. The monoisotopic (exact) mass is 353 g/mol. The molecule has 2 aliphatic rings. The fraction of sp³-hybridized carbons (Fsp3) is 0.533. The van der Waals surface area contributed by atoms with Crippen molar-refractivity contribution < 1.29 is 0 Å². The Hall–Kier alpha value is -0.680. The van der Waals surface area contributed by atoms with Crippen molar-refractivity contribution in [1.82, 2.24) is 0 Å². The summed E-state index contributed by atoms with van der Waals surface area (Å²) in [6, 6.07) is 8.27. The van der Waals surface area contributed by atoms with Crippen LogP contribution in [0.4, 0.5) is 5.69 Å². The van der Waals surface area contributed by atoms with Crippen LogP contribution in [-0.2, 0) is 0 Å². The molecule has 0 amide bonds. The summed E-state index contributed by atoms with van der Waals surface area (Å²) in [7, 11) is 0. The molecule has 0 saturated carbocycles. The normalized spacial score (nSPS) is 28.8. The summed E-state index contributed by atoms with van der Waals surface area (Å²) in [6.45, 7) is 5.48. The van der Waals surface area contributed by atoms with Gasteiger partial charge >= 0.3 is 0 Å². The number of benzene rings is 1. The van der Waals surface area contributed by atoms with Crippen molar-refractivity contribution in [3.05, 3.63) is 28.7 Å². The minimum absolute atomic E-state index is 0.0281. The molecular weight excluding hydrogens is 334 g/mol. The van der Waals surface area contributed by atoms with Crippen LogP contribution in [0.5, 0.6) is 0 Å². The van der Waals surface area contributed by atoms with Gasteiger partial charge in [-0.15, -0.1) is 0 Å². The first-order valence-corrected chi connectivity index (χ1v) is 8.81. The van der Waals surface area contributed by atoms with Crippen LogP contribution in [0, 0.1) is 5.41 Å². The Morgan fingerprint density at radius 1 is 1.30 bits per heavy atom. The van der Waals surface area contributed by atoms with Crippen LogP contribution < -0.4 is 10.6 Å². The van der Waals surface area contributed by atoms with Gasteiger partial charge in [-0.3, -0.25) is 4.99 Å². The van der Waals surface area contributed by atoms with E-state index in [1.165, 1.54) is 5.75 Å². The number of hydrogen-bond donors (Lipinski definition) is 1. The zero-order chi connectivity index (χ0) is 14.4. The zero-order valence-corrected chi connectivity index (χ0v) is 14.3. The van der Waals surface area contributed by atoms with Crippen molar-refractivity contribution >= 4 is 39.3 Å². The van der Waals surface area contributed by atoms with Gasteiger partial charge in [0.1, 0.15) is 0 Å². The Kier molecular flexibility index (Phi) is 3.53. The van der Waals surface area contributed by atoms with Gasteiger partial charge in [-0.1, -0.05) is 26.0 Å². The van der Waals surface area contributed by atoms with Gasteiger partial charge in [-0.05, 0) is 45.7 Å². The van der Waals surface area contributed by atoms with Crippen LogP contribution in [0.1, 0.15) is 20.3 Å². The fourth-order valence-electron chi connectivity index (χ4n) is 3.38. The highest BCUT2D eigenvalue weighted by atomic mass is 79.9. The van der Waals surface area contributed by atoms with E-state index in [4.69, 9.17) is 5.73 Å². The van der Waals surface area contributed by atoms with E-state index in [9.17, 15) is 0 Å². The molecule has 1 saturated heterocycles. The average Bonchev–Trinajstić information content (AvgIpc) is 2.66. The number of guanidine groups is 1. The van der Waals surface area contributed by atoms with Gasteiger partial charge in [0.2, 0.25) is 0 Å². The summed E-state index contributed by atoms with van der Waals surface area (Å²) in [4.78, 5) is 6.82. The van der Waals surface area contributed by atoms with Crippen LogP contribution in [0.2, 0.25) is 0 Å². The summed E-state index contributed by atoms with van der Waals surface area (Å²) in [5.74, 6) is 2.94. The van der Waals surface area contributed by atoms with E-state index >= 15 is 0 Å². The van der Waals surface area contributed by atoms with Crippen molar-refractivity contribution in [2.45, 2.75) is 25.8 Å². The zero-order valence-electron chi connectivity index (χ0n) is 11.9. The van der Waals surface area contributed by atoms with Crippen LogP contribution >= 0.6 is 27.7 Å². The molecule has 1 aromatic rings. The van der Waals surface area contributed by atoms with E-state index < -0.39 is 0 Å². The molecule has 1 spiro atoms. The third-order valence-corrected chi connectivity index (χ3v) is 6.40. The lowest BCUT2D eigenvalue weighted by atomic mass is 9.79. The summed E-state index contributed by atoms with van der Waals surface area (Å²) >= 11 is 5.67. The predicted octanol–water partition coefficient (Wildman–Crippen LogP) is 3.49. The van der Waals surface area contributed by atoms with Crippen LogP contribution in [0.25, 0.3) is 0 Å². The van der Waals surface area contributed by atoms with E-state index in [0.717, 1.165) is 28.9 Å². The first-order chi connectivity index (χ1) is 9.44. The van der Waals surface area contributed by atoms with E-state index in [1.54, 1.807) is 0 Å². The Morgan fingerprint density at radius 3 is 2.75 bits per heavy atom. The van der Waals surface area contributed by atoms with Crippen molar-refractivity contribution in [2.75, 3.05) is 23.0 Å². The smallest absolute Gasteiger partial charge is 0.196 e. The first kappa shape index (κ1) is 14.3. The van der Waals surface area contributed by atoms with Crippen molar-refractivity contribution in [2.24, 2.45) is 16.1 Å². The van der Waals surface area contributed by atoms with E-state index in [-0.39, 0.29) is 5.54 Å². The molecular formula is C15H20BrN3S. The number of anilines is 1. The maximum Gasteiger partial charge on any atom is 0.196 e. The number of nitrogens with zero attached hydrogens (tertiary/aromatic N) is 2. The lowest BCUT2D eigenvalue weighted by molar-refractivity contribution is 0.282. The first-order valence-electron chi connectivity index (χ1n) is 6.86. The number of hydrogen-bond acceptors (Lipinski definition) is 4. The maximum atomic E-state index is 6.22. The molecule has 1 unspecified atom stereocenters. The molecule has 1 aromatic carbocycles. The van der Waals surface area contributed by atoms with E-state index in [1.807, 2.05) is 17.8 Å². The highest BCUT2D eigenvalue weighted by molar-refractivity contribution is 9.10. The van der Waals surface area contributed by atoms with Crippen LogP contribution in [0.15, 0.2) is 33.7 Å². The quantitative estimate of drug-likeness (QED) is 0.840. The van der Waals surface area contributed by atoms with Gasteiger partial charge in [0.05, 0.1) is 17.8 Å². The van der Waals surface area contributed by atoms with Crippen molar-refractivity contribution in [3.8, 4) is 0 Å². The molecule has 0 aromatic heterocycles. The SMILES string of the molecule is CC1(C)CSCC2(CN=C(N)N2c2ccccc2Br)C1. The standard InChI is InChI=1S/C15H20BrN3S/c1-14(2)7-15(10-20-9-14)8-18-13(17)19(15)12-6-4-3-5-11(12)16/h3-6H,7-10H2,1-2H3,(H2,17,18). The second kappa shape index (κ2) is 4.95. The molecule has 0 aliphatic carbocycles. The Balaban J connectivity index is 2.03. The molecule has 108 valence electrons. The molecule has 3 nitrogen and oxygen atoms in total. The molecule has 3 rings (SSSR count). The fourth-order valence-corrected chi connectivity index (χ4v) is 5.30. The van der Waals surface area contributed by atoms with Crippen LogP contribution in [0.3, 0.4) is 0 Å². The highest BCUT2D eigenvalue weighted by Gasteiger charge is 2.49. The topological polar surface area (TPSA) is 41.6 Å². The molecule has 1 fully saturated rings. The summed E-state index contributed by atoms with van der Waals surface area (Å²) in [6.07, 6.45) is 1.12. The van der Waals surface area contributed by atoms with Gasteiger partial charge in [-0.2, -0.15) is 11.8 Å². The van der Waals surface area contributed by atoms with Crippen molar-refractivity contribution in [3.63, 3.8) is 0 Å². The second-order valence-electron chi connectivity index (χ2n) is 6.52. The average molecular weight is 354 g/mol. The summed E-state index contributed by atoms with van der Waals surface area (Å²) in [5.41, 5.74) is 7.70. The molecule has 2 N–H and O–H groups in total. The molecule has 1 atom stereocenters. The minimum atomic E-state index is 0.0281. The Labute approximate surface area is 133 Å². The lowest BCUT2D eigenvalue weighted by Crippen LogP contribution is -2.58. The van der Waals surface area contributed by atoms with Gasteiger partial charge in [0.25, 0.3) is 0 Å². The van der Waals surface area contributed by atoms with Gasteiger partial charge in [-0.25, -0.2) is 0 Å². The van der Waals surface area contributed by atoms with E-state index in [2.05, 4.69) is 57.9 Å². The van der Waals surface area contributed by atoms with Gasteiger partial charge in [0, 0.05) is 10.2 Å². The highest BCUT2D eigenvalue weighted by Crippen LogP contribution is 2.46. The second-order valence-corrected chi connectivity index (χ2v) is 8.36. The number of para-hydroxylation sites is 1. The number of aliphatic imine (C=N–C) groups is 1. The Bertz CT molecular complexity index is 558. The lowest BCUT2D eigenvalue weighted by Gasteiger charge is -2.47. The molecule has 0 radical (unpaired) electrons. The number of halogens is 1. The summed E-state index contributed by atoms with van der Waals surface area (Å²) in [5, 5.41) is 0. The number of thioether (sulfide) groups is 1.